The number of nitrogens with two attached hydrogens (primary N) is 1. The van der Waals surface area contributed by atoms with Gasteiger partial charge in [0.2, 0.25) is 21.5 Å². The summed E-state index contributed by atoms with van der Waals surface area (Å²) in [4.78, 5) is 14.5. The molecule has 2 heterocycles. The molecule has 2 aromatic heterocycles. The molecule has 0 atom stereocenters. The van der Waals surface area contributed by atoms with Gasteiger partial charge in [0.25, 0.3) is 0 Å². The van der Waals surface area contributed by atoms with Crippen molar-refractivity contribution in [2.24, 2.45) is 5.14 Å². The summed E-state index contributed by atoms with van der Waals surface area (Å²) in [6.45, 7) is -0.0520. The smallest absolute Gasteiger partial charge is 0.362 e. The van der Waals surface area contributed by atoms with Gasteiger partial charge in [0, 0.05) is 12.6 Å². The van der Waals surface area contributed by atoms with Crippen LogP contribution in [-0.2, 0) is 10.0 Å². The molecule has 3 N–H and O–H groups in total. The highest BCUT2D eigenvalue weighted by molar-refractivity contribution is 7.89. The topological polar surface area (TPSA) is 133 Å². The van der Waals surface area contributed by atoms with Crippen LogP contribution in [0.5, 0.6) is 0 Å². The molecule has 0 aliphatic heterocycles. The molecule has 19 heavy (non-hydrogen) atoms. The number of rotatable bonds is 5. The van der Waals surface area contributed by atoms with Gasteiger partial charge in [-0.3, -0.25) is 0 Å². The molecule has 0 fully saturated rings. The van der Waals surface area contributed by atoms with Crippen molar-refractivity contribution in [1.82, 2.24) is 9.38 Å². The first kappa shape index (κ1) is 13.2. The van der Waals surface area contributed by atoms with Gasteiger partial charge >= 0.3 is 5.82 Å². The van der Waals surface area contributed by atoms with Crippen molar-refractivity contribution in [3.63, 3.8) is 0 Å². The molecule has 0 aliphatic carbocycles. The van der Waals surface area contributed by atoms with Gasteiger partial charge in [-0.25, -0.2) is 13.6 Å². The summed E-state index contributed by atoms with van der Waals surface area (Å²) in [5.41, 5.74) is 0.396. The SMILES string of the molecule is NS(=O)(=O)CCNc1nc2ccccn2c1[N+](=O)[O-]. The molecular weight excluding hydrogens is 274 g/mol. The van der Waals surface area contributed by atoms with Gasteiger partial charge < -0.3 is 15.4 Å². The molecule has 0 unspecified atom stereocenters. The summed E-state index contributed by atoms with van der Waals surface area (Å²) < 4.78 is 22.9. The lowest BCUT2D eigenvalue weighted by atomic mass is 10.5. The fraction of sp³-hybridized carbons (Fsp3) is 0.222. The van der Waals surface area contributed by atoms with Crippen molar-refractivity contribution < 1.29 is 13.3 Å². The van der Waals surface area contributed by atoms with Crippen LogP contribution in [0, 0.1) is 10.1 Å². The number of nitro groups is 1. The number of pyridine rings is 1. The second-order valence-corrected chi connectivity index (χ2v) is 5.50. The van der Waals surface area contributed by atoms with E-state index in [0.29, 0.717) is 5.65 Å². The lowest BCUT2D eigenvalue weighted by molar-refractivity contribution is -0.389. The summed E-state index contributed by atoms with van der Waals surface area (Å²) in [7, 11) is -3.62. The van der Waals surface area contributed by atoms with Gasteiger partial charge in [-0.15, -0.1) is 0 Å². The second-order valence-electron chi connectivity index (χ2n) is 3.76. The highest BCUT2D eigenvalue weighted by Gasteiger charge is 2.22. The molecule has 102 valence electrons. The van der Waals surface area contributed by atoms with E-state index in [-0.39, 0.29) is 23.9 Å². The van der Waals surface area contributed by atoms with Crippen molar-refractivity contribution in [3.05, 3.63) is 34.5 Å². The maximum absolute atomic E-state index is 11.0. The van der Waals surface area contributed by atoms with Crippen molar-refractivity contribution in [1.29, 1.82) is 0 Å². The van der Waals surface area contributed by atoms with Gasteiger partial charge in [-0.05, 0) is 11.0 Å². The third-order valence-electron chi connectivity index (χ3n) is 2.36. The molecule has 0 aliphatic rings. The lowest BCUT2D eigenvalue weighted by Gasteiger charge is -2.01. The molecule has 0 spiro atoms. The number of sulfonamides is 1. The number of nitrogens with zero attached hydrogens (tertiary/aromatic N) is 3. The number of nitrogens with one attached hydrogen (secondary N) is 1. The predicted molar refractivity (Wildman–Crippen MR) is 68.3 cm³/mol. The fourth-order valence-corrected chi connectivity index (χ4v) is 1.97. The van der Waals surface area contributed by atoms with Crippen LogP contribution < -0.4 is 10.5 Å². The highest BCUT2D eigenvalue weighted by atomic mass is 32.2. The molecule has 0 bridgehead atoms. The van der Waals surface area contributed by atoms with Gasteiger partial charge in [-0.2, -0.15) is 9.38 Å². The van der Waals surface area contributed by atoms with Crippen LogP contribution >= 0.6 is 0 Å². The van der Waals surface area contributed by atoms with Crippen LogP contribution in [0.2, 0.25) is 0 Å². The Balaban J connectivity index is 2.32. The van der Waals surface area contributed by atoms with Crippen LogP contribution in [0.4, 0.5) is 11.6 Å². The van der Waals surface area contributed by atoms with E-state index >= 15 is 0 Å². The molecule has 0 radical (unpaired) electrons. The zero-order valence-corrected chi connectivity index (χ0v) is 10.5. The molecule has 0 saturated carbocycles. The summed E-state index contributed by atoms with van der Waals surface area (Å²) in [6, 6.07) is 4.94. The molecule has 2 aromatic rings. The van der Waals surface area contributed by atoms with E-state index < -0.39 is 14.9 Å². The van der Waals surface area contributed by atoms with Crippen molar-refractivity contribution >= 4 is 27.3 Å². The molecule has 9 nitrogen and oxygen atoms in total. The third kappa shape index (κ3) is 2.98. The lowest BCUT2D eigenvalue weighted by Crippen LogP contribution is -2.22. The first-order valence-electron chi connectivity index (χ1n) is 5.24. The van der Waals surface area contributed by atoms with E-state index in [0.717, 1.165) is 0 Å². The predicted octanol–water partition coefficient (Wildman–Crippen LogP) is -0.0571. The Hall–Kier alpha value is -2.20. The van der Waals surface area contributed by atoms with Crippen LogP contribution in [0.25, 0.3) is 5.65 Å². The van der Waals surface area contributed by atoms with E-state index in [9.17, 15) is 18.5 Å². The Morgan fingerprint density at radius 1 is 1.47 bits per heavy atom. The summed E-state index contributed by atoms with van der Waals surface area (Å²) in [5, 5.41) is 18.5. The summed E-state index contributed by atoms with van der Waals surface area (Å²) in [5.74, 6) is -0.567. The van der Waals surface area contributed by atoms with Gasteiger partial charge in [-0.1, -0.05) is 6.07 Å². The maximum Gasteiger partial charge on any atom is 0.372 e. The first-order valence-corrected chi connectivity index (χ1v) is 6.96. The standard InChI is InChI=1S/C9H11N5O4S/c10-19(17,18)6-4-11-8-9(14(15)16)13-5-2-1-3-7(13)12-8/h1-3,5,11H,4,6H2,(H2,10,17,18). The monoisotopic (exact) mass is 285 g/mol. The number of aromatic nitrogens is 2. The molecule has 10 heteroatoms. The van der Waals surface area contributed by atoms with Gasteiger partial charge in [0.1, 0.15) is 0 Å². The van der Waals surface area contributed by atoms with Gasteiger partial charge in [0.05, 0.1) is 11.9 Å². The summed E-state index contributed by atoms with van der Waals surface area (Å²) in [6.07, 6.45) is 1.51. The zero-order valence-electron chi connectivity index (χ0n) is 9.68. The quantitative estimate of drug-likeness (QED) is 0.584. The Morgan fingerprint density at radius 3 is 2.84 bits per heavy atom. The second kappa shape index (κ2) is 4.82. The van der Waals surface area contributed by atoms with Crippen molar-refractivity contribution in [2.75, 3.05) is 17.6 Å². The molecule has 0 saturated heterocycles. The van der Waals surface area contributed by atoms with E-state index in [1.165, 1.54) is 10.6 Å². The van der Waals surface area contributed by atoms with Crippen LogP contribution in [0.1, 0.15) is 0 Å². The minimum atomic E-state index is -3.62. The van der Waals surface area contributed by atoms with Crippen molar-refractivity contribution in [3.8, 4) is 0 Å². The average molecular weight is 285 g/mol. The van der Waals surface area contributed by atoms with E-state index in [1.807, 2.05) is 0 Å². The van der Waals surface area contributed by atoms with Crippen LogP contribution in [0.15, 0.2) is 24.4 Å². The number of imidazole rings is 1. The Morgan fingerprint density at radius 2 is 2.21 bits per heavy atom. The van der Waals surface area contributed by atoms with E-state index in [4.69, 9.17) is 5.14 Å². The van der Waals surface area contributed by atoms with E-state index in [2.05, 4.69) is 10.3 Å². The zero-order chi connectivity index (χ0) is 14.0. The Bertz CT molecular complexity index is 723. The Labute approximate surface area is 108 Å². The van der Waals surface area contributed by atoms with Gasteiger partial charge in [0.15, 0.2) is 0 Å². The molecule has 0 amide bonds. The number of primary sulfonamides is 1. The first-order chi connectivity index (χ1) is 8.88. The molecule has 0 aromatic carbocycles. The fourth-order valence-electron chi connectivity index (χ4n) is 1.59. The molecular formula is C9H11N5O4S. The van der Waals surface area contributed by atoms with Crippen LogP contribution in [-0.4, -0.2) is 35.0 Å². The van der Waals surface area contributed by atoms with Crippen molar-refractivity contribution in [2.45, 2.75) is 0 Å². The van der Waals surface area contributed by atoms with Crippen LogP contribution in [0.3, 0.4) is 0 Å². The van der Waals surface area contributed by atoms with E-state index in [1.54, 1.807) is 18.2 Å². The third-order valence-corrected chi connectivity index (χ3v) is 3.13. The number of hydrogen-bond acceptors (Lipinski definition) is 6. The normalized spacial score (nSPS) is 11.6. The highest BCUT2D eigenvalue weighted by Crippen LogP contribution is 2.24. The summed E-state index contributed by atoms with van der Waals surface area (Å²) >= 11 is 0. The average Bonchev–Trinajstić information content (AvgIpc) is 2.65. The number of anilines is 1. The minimum Gasteiger partial charge on any atom is -0.362 e. The largest absolute Gasteiger partial charge is 0.372 e. The molecule has 2 rings (SSSR count). The minimum absolute atomic E-state index is 0.0138. The Kier molecular flexibility index (Phi) is 3.36. The number of fused-ring (bicyclic) bond motifs is 1. The number of hydrogen-bond donors (Lipinski definition) is 2. The maximum atomic E-state index is 11.0.